The monoisotopic (exact) mass is 145 g/mol. The normalized spacial score (nSPS) is 9.60. The zero-order valence-corrected chi connectivity index (χ0v) is 7.82. The Labute approximate surface area is 65.8 Å². The third-order valence-corrected chi connectivity index (χ3v) is 2.12. The van der Waals surface area contributed by atoms with E-state index in [1.807, 2.05) is 0 Å². The van der Waals surface area contributed by atoms with Crippen LogP contribution in [-0.4, -0.2) is 0 Å². The van der Waals surface area contributed by atoms with Gasteiger partial charge in [-0.2, -0.15) is 0 Å². The van der Waals surface area contributed by atoms with Gasteiger partial charge in [-0.15, -0.1) is 0 Å². The van der Waals surface area contributed by atoms with Crippen molar-refractivity contribution >= 4 is 0 Å². The molecule has 1 nitrogen and oxygen atoms in total. The van der Waals surface area contributed by atoms with Crippen LogP contribution >= 0.6 is 0 Å². The summed E-state index contributed by atoms with van der Waals surface area (Å²) in [5.41, 5.74) is 0. The van der Waals surface area contributed by atoms with Crippen molar-refractivity contribution in [1.29, 1.82) is 0 Å². The molecule has 0 atom stereocenters. The van der Waals surface area contributed by atoms with Crippen LogP contribution < -0.4 is 6.15 Å². The Morgan fingerprint density at radius 3 is 1.80 bits per heavy atom. The molecule has 3 N–H and O–H groups in total. The minimum Gasteiger partial charge on any atom is -0.344 e. The first-order chi connectivity index (χ1) is 4.35. The van der Waals surface area contributed by atoms with E-state index in [1.54, 1.807) is 0 Å². The lowest BCUT2D eigenvalue weighted by Crippen LogP contribution is -1.95. The highest BCUT2D eigenvalue weighted by atomic mass is 14.1. The second kappa shape index (κ2) is 8.96. The van der Waals surface area contributed by atoms with E-state index < -0.39 is 0 Å². The summed E-state index contributed by atoms with van der Waals surface area (Å²) >= 11 is 0. The van der Waals surface area contributed by atoms with Crippen LogP contribution in [0.2, 0.25) is 0 Å². The lowest BCUT2D eigenvalue weighted by molar-refractivity contribution is 0.438. The molecule has 0 spiro atoms. The smallest absolute Gasteiger partial charge is 0.0420 e. The van der Waals surface area contributed by atoms with Gasteiger partial charge in [0.25, 0.3) is 0 Å². The Morgan fingerprint density at radius 2 is 1.50 bits per heavy atom. The van der Waals surface area contributed by atoms with Crippen molar-refractivity contribution in [3.8, 4) is 0 Å². The molecule has 0 aliphatic heterocycles. The van der Waals surface area contributed by atoms with E-state index in [0.717, 1.165) is 5.92 Å². The first kappa shape index (κ1) is 12.6. The van der Waals surface area contributed by atoms with Gasteiger partial charge in [-0.05, 0) is 5.92 Å². The maximum Gasteiger partial charge on any atom is -0.0420 e. The zero-order chi connectivity index (χ0) is 7.11. The molecule has 0 saturated carbocycles. The summed E-state index contributed by atoms with van der Waals surface area (Å²) in [5, 5.41) is 0. The van der Waals surface area contributed by atoms with E-state index in [0.29, 0.717) is 0 Å². The van der Waals surface area contributed by atoms with Crippen LogP contribution in [0.3, 0.4) is 0 Å². The Bertz CT molecular complexity index is 48.7. The second-order valence-corrected chi connectivity index (χ2v) is 2.82. The van der Waals surface area contributed by atoms with Gasteiger partial charge in [0, 0.05) is 0 Å². The molecular weight excluding hydrogens is 122 g/mol. The van der Waals surface area contributed by atoms with Crippen LogP contribution in [0.5, 0.6) is 0 Å². The van der Waals surface area contributed by atoms with Crippen molar-refractivity contribution in [2.24, 2.45) is 5.92 Å². The number of hydrogen-bond acceptors (Lipinski definition) is 1. The predicted molar refractivity (Wildman–Crippen MR) is 48.6 cm³/mol. The molecule has 0 aromatic heterocycles. The van der Waals surface area contributed by atoms with Gasteiger partial charge in [0.2, 0.25) is 0 Å². The lowest BCUT2D eigenvalue weighted by Gasteiger charge is -2.09. The van der Waals surface area contributed by atoms with Crippen LogP contribution in [0, 0.1) is 5.92 Å². The molecule has 0 aromatic carbocycles. The summed E-state index contributed by atoms with van der Waals surface area (Å²) in [6.07, 6.45) is 6.97. The van der Waals surface area contributed by atoms with Gasteiger partial charge >= 0.3 is 0 Å². The molecule has 10 heavy (non-hydrogen) atoms. The number of rotatable bonds is 5. The molecule has 0 rings (SSSR count). The van der Waals surface area contributed by atoms with E-state index in [4.69, 9.17) is 0 Å². The fraction of sp³-hybridized carbons (Fsp3) is 1.00. The maximum absolute atomic E-state index is 2.30. The summed E-state index contributed by atoms with van der Waals surface area (Å²) in [4.78, 5) is 0. The fourth-order valence-corrected chi connectivity index (χ4v) is 1.19. The van der Waals surface area contributed by atoms with Gasteiger partial charge in [-0.1, -0.05) is 52.9 Å². The second-order valence-electron chi connectivity index (χ2n) is 2.82. The Kier molecular flexibility index (Phi) is 11.3. The van der Waals surface area contributed by atoms with Crippen molar-refractivity contribution in [3.63, 3.8) is 0 Å². The minimum absolute atomic E-state index is 0. The molecule has 0 saturated heterocycles. The summed E-state index contributed by atoms with van der Waals surface area (Å²) in [5.74, 6) is 1.00. The van der Waals surface area contributed by atoms with Gasteiger partial charge in [0.15, 0.2) is 0 Å². The first-order valence-corrected chi connectivity index (χ1v) is 4.35. The van der Waals surface area contributed by atoms with Crippen LogP contribution in [0.15, 0.2) is 0 Å². The highest BCUT2D eigenvalue weighted by Gasteiger charge is 2.00. The summed E-state index contributed by atoms with van der Waals surface area (Å²) in [6, 6.07) is 0. The van der Waals surface area contributed by atoms with Crippen LogP contribution in [-0.2, 0) is 0 Å². The van der Waals surface area contributed by atoms with Gasteiger partial charge in [0.05, 0.1) is 0 Å². The highest BCUT2D eigenvalue weighted by Crippen LogP contribution is 2.15. The quantitative estimate of drug-likeness (QED) is 0.627. The number of hydrogen-bond donors (Lipinski definition) is 1. The van der Waals surface area contributed by atoms with E-state index in [1.165, 1.54) is 32.1 Å². The topological polar surface area (TPSA) is 35.0 Å². The Balaban J connectivity index is 0. The highest BCUT2D eigenvalue weighted by molar-refractivity contribution is 4.53. The van der Waals surface area contributed by atoms with Gasteiger partial charge in [0.1, 0.15) is 0 Å². The summed E-state index contributed by atoms with van der Waals surface area (Å²) in [6.45, 7) is 6.86. The zero-order valence-electron chi connectivity index (χ0n) is 7.82. The van der Waals surface area contributed by atoms with Crippen molar-refractivity contribution in [1.82, 2.24) is 6.15 Å². The van der Waals surface area contributed by atoms with Crippen LogP contribution in [0.1, 0.15) is 52.9 Å². The fourth-order valence-electron chi connectivity index (χ4n) is 1.19. The first-order valence-electron chi connectivity index (χ1n) is 4.35. The molecule has 0 unspecified atom stereocenters. The van der Waals surface area contributed by atoms with Crippen LogP contribution in [0.4, 0.5) is 0 Å². The average molecular weight is 145 g/mol. The third-order valence-electron chi connectivity index (χ3n) is 2.12. The van der Waals surface area contributed by atoms with Gasteiger partial charge in [-0.25, -0.2) is 0 Å². The molecule has 0 radical (unpaired) electrons. The van der Waals surface area contributed by atoms with Crippen molar-refractivity contribution in [2.75, 3.05) is 0 Å². The van der Waals surface area contributed by atoms with E-state index in [-0.39, 0.29) is 6.15 Å². The summed E-state index contributed by atoms with van der Waals surface area (Å²) < 4.78 is 0. The molecule has 0 aliphatic carbocycles. The molecule has 64 valence electrons. The van der Waals surface area contributed by atoms with Crippen molar-refractivity contribution in [2.45, 2.75) is 52.9 Å². The Hall–Kier alpha value is -0.0400. The average Bonchev–Trinajstić information content (AvgIpc) is 1.91. The molecule has 0 fully saturated rings. The summed E-state index contributed by atoms with van der Waals surface area (Å²) in [7, 11) is 0. The predicted octanol–water partition coefficient (Wildman–Crippen LogP) is 3.77. The third kappa shape index (κ3) is 6.09. The van der Waals surface area contributed by atoms with Crippen LogP contribution in [0.25, 0.3) is 0 Å². The van der Waals surface area contributed by atoms with Gasteiger partial charge < -0.3 is 6.15 Å². The molecule has 0 heterocycles. The van der Waals surface area contributed by atoms with Crippen molar-refractivity contribution < 1.29 is 0 Å². The van der Waals surface area contributed by atoms with E-state index in [9.17, 15) is 0 Å². The Morgan fingerprint density at radius 1 is 1.00 bits per heavy atom. The molecule has 0 aromatic rings. The lowest BCUT2D eigenvalue weighted by atomic mass is 9.97. The minimum atomic E-state index is 0. The molecule has 1 heteroatoms. The van der Waals surface area contributed by atoms with E-state index in [2.05, 4.69) is 20.8 Å². The largest absolute Gasteiger partial charge is 0.344 e. The standard InChI is InChI=1S/C9H20.H3N/c1-4-7-8-9(5-2)6-3;/h9H,4-8H2,1-3H3;1H3. The van der Waals surface area contributed by atoms with Crippen molar-refractivity contribution in [3.05, 3.63) is 0 Å². The molecule has 0 amide bonds. The molecule has 0 aliphatic rings. The maximum atomic E-state index is 2.30. The molecule has 0 bridgehead atoms. The number of unbranched alkanes of at least 4 members (excludes halogenated alkanes) is 1. The van der Waals surface area contributed by atoms with E-state index >= 15 is 0 Å². The van der Waals surface area contributed by atoms with Gasteiger partial charge in [-0.3, -0.25) is 0 Å². The SMILES string of the molecule is CCCCC(CC)CC.N. The molecular formula is C9H23N.